The molecule has 0 saturated heterocycles. The van der Waals surface area contributed by atoms with Crippen molar-refractivity contribution in [2.75, 3.05) is 19.0 Å². The zero-order chi connectivity index (χ0) is 16.8. The summed E-state index contributed by atoms with van der Waals surface area (Å²) in [7, 11) is 1.50. The highest BCUT2D eigenvalue weighted by Crippen LogP contribution is 2.36. The van der Waals surface area contributed by atoms with Crippen LogP contribution in [-0.4, -0.2) is 24.7 Å². The van der Waals surface area contributed by atoms with Gasteiger partial charge in [0.1, 0.15) is 0 Å². The number of rotatable bonds is 6. The lowest BCUT2D eigenvalue weighted by Crippen LogP contribution is -2.20. The molecule has 122 valence electrons. The standard InChI is InChI=1S/C17H18BrNO4/c1-11-3-5-12(6-4-11)19-16(21)10-23-17-13(9-20)14(18)7-8-15(17)22-2/h3-8,20H,9-10H2,1-2H3,(H,19,21). The third-order valence-electron chi connectivity index (χ3n) is 3.23. The highest BCUT2D eigenvalue weighted by Gasteiger charge is 2.15. The number of aliphatic hydroxyl groups excluding tert-OH is 1. The first-order valence-corrected chi connectivity index (χ1v) is 7.80. The quantitative estimate of drug-likeness (QED) is 0.807. The molecule has 0 saturated carbocycles. The van der Waals surface area contributed by atoms with Crippen LogP contribution in [0, 0.1) is 6.92 Å². The number of aryl methyl sites for hydroxylation is 1. The SMILES string of the molecule is COc1ccc(Br)c(CO)c1OCC(=O)Nc1ccc(C)cc1. The van der Waals surface area contributed by atoms with Gasteiger partial charge in [-0.3, -0.25) is 4.79 Å². The number of carbonyl (C=O) groups excluding carboxylic acids is 1. The number of carbonyl (C=O) groups is 1. The van der Waals surface area contributed by atoms with E-state index in [1.165, 1.54) is 7.11 Å². The molecule has 0 bridgehead atoms. The predicted molar refractivity (Wildman–Crippen MR) is 91.9 cm³/mol. The summed E-state index contributed by atoms with van der Waals surface area (Å²) < 4.78 is 11.5. The normalized spacial score (nSPS) is 10.3. The smallest absolute Gasteiger partial charge is 0.262 e. The molecule has 2 aromatic carbocycles. The second-order valence-electron chi connectivity index (χ2n) is 4.92. The average molecular weight is 380 g/mol. The van der Waals surface area contributed by atoms with Gasteiger partial charge in [-0.2, -0.15) is 0 Å². The molecule has 0 fully saturated rings. The number of methoxy groups -OCH3 is 1. The van der Waals surface area contributed by atoms with E-state index < -0.39 is 0 Å². The Morgan fingerprint density at radius 1 is 1.22 bits per heavy atom. The highest BCUT2D eigenvalue weighted by molar-refractivity contribution is 9.10. The Labute approximate surface area is 143 Å². The minimum Gasteiger partial charge on any atom is -0.493 e. The van der Waals surface area contributed by atoms with E-state index in [0.29, 0.717) is 27.2 Å². The van der Waals surface area contributed by atoms with Gasteiger partial charge in [0.05, 0.1) is 13.7 Å². The van der Waals surface area contributed by atoms with Gasteiger partial charge in [0.25, 0.3) is 5.91 Å². The first-order valence-electron chi connectivity index (χ1n) is 7.00. The van der Waals surface area contributed by atoms with Crippen molar-refractivity contribution in [1.29, 1.82) is 0 Å². The van der Waals surface area contributed by atoms with E-state index in [1.54, 1.807) is 12.1 Å². The molecule has 6 heteroatoms. The van der Waals surface area contributed by atoms with E-state index in [2.05, 4.69) is 21.2 Å². The lowest BCUT2D eigenvalue weighted by molar-refractivity contribution is -0.118. The minimum atomic E-state index is -0.292. The van der Waals surface area contributed by atoms with Crippen LogP contribution >= 0.6 is 15.9 Å². The maximum atomic E-state index is 12.0. The molecule has 2 N–H and O–H groups in total. The van der Waals surface area contributed by atoms with Crippen molar-refractivity contribution in [2.24, 2.45) is 0 Å². The predicted octanol–water partition coefficient (Wildman–Crippen LogP) is 3.28. The van der Waals surface area contributed by atoms with Crippen molar-refractivity contribution >= 4 is 27.5 Å². The third-order valence-corrected chi connectivity index (χ3v) is 3.97. The molecule has 5 nitrogen and oxygen atoms in total. The van der Waals surface area contributed by atoms with Gasteiger partial charge in [0.2, 0.25) is 0 Å². The second kappa shape index (κ2) is 7.99. The van der Waals surface area contributed by atoms with Crippen molar-refractivity contribution in [1.82, 2.24) is 0 Å². The number of ether oxygens (including phenoxy) is 2. The van der Waals surface area contributed by atoms with E-state index in [-0.39, 0.29) is 19.1 Å². The molecule has 23 heavy (non-hydrogen) atoms. The number of hydrogen-bond acceptors (Lipinski definition) is 4. The molecular formula is C17H18BrNO4. The molecule has 0 aliphatic heterocycles. The van der Waals surface area contributed by atoms with Gasteiger partial charge in [-0.05, 0) is 31.2 Å². The van der Waals surface area contributed by atoms with Gasteiger partial charge in [-0.15, -0.1) is 0 Å². The summed E-state index contributed by atoms with van der Waals surface area (Å²) in [6, 6.07) is 10.9. The number of benzene rings is 2. The maximum absolute atomic E-state index is 12.0. The minimum absolute atomic E-state index is 0.187. The van der Waals surface area contributed by atoms with Crippen LogP contribution in [-0.2, 0) is 11.4 Å². The Hall–Kier alpha value is -2.05. The lowest BCUT2D eigenvalue weighted by atomic mass is 10.2. The number of halogens is 1. The Kier molecular flexibility index (Phi) is 6.01. The van der Waals surface area contributed by atoms with E-state index in [9.17, 15) is 9.90 Å². The van der Waals surface area contributed by atoms with Gasteiger partial charge >= 0.3 is 0 Å². The van der Waals surface area contributed by atoms with Crippen LogP contribution < -0.4 is 14.8 Å². The second-order valence-corrected chi connectivity index (χ2v) is 5.77. The Morgan fingerprint density at radius 3 is 2.52 bits per heavy atom. The Balaban J connectivity index is 2.06. The summed E-state index contributed by atoms with van der Waals surface area (Å²) in [6.45, 7) is 1.56. The molecule has 0 aromatic heterocycles. The van der Waals surface area contributed by atoms with Crippen LogP contribution in [0.25, 0.3) is 0 Å². The fourth-order valence-electron chi connectivity index (χ4n) is 2.02. The monoisotopic (exact) mass is 379 g/mol. The summed E-state index contributed by atoms with van der Waals surface area (Å²) in [5, 5.41) is 12.2. The maximum Gasteiger partial charge on any atom is 0.262 e. The van der Waals surface area contributed by atoms with Gasteiger partial charge in [-0.25, -0.2) is 0 Å². The van der Waals surface area contributed by atoms with Crippen molar-refractivity contribution in [3.05, 3.63) is 52.0 Å². The highest BCUT2D eigenvalue weighted by atomic mass is 79.9. The average Bonchev–Trinajstić information content (AvgIpc) is 2.55. The fraction of sp³-hybridized carbons (Fsp3) is 0.235. The Morgan fingerprint density at radius 2 is 1.91 bits per heavy atom. The molecule has 0 spiro atoms. The van der Waals surface area contributed by atoms with Crippen molar-refractivity contribution < 1.29 is 19.4 Å². The third kappa shape index (κ3) is 4.46. The van der Waals surface area contributed by atoms with E-state index in [4.69, 9.17) is 9.47 Å². The number of aliphatic hydroxyl groups is 1. The molecule has 2 aromatic rings. The van der Waals surface area contributed by atoms with E-state index >= 15 is 0 Å². The molecule has 0 aliphatic rings. The van der Waals surface area contributed by atoms with Crippen LogP contribution in [0.15, 0.2) is 40.9 Å². The van der Waals surface area contributed by atoms with Crippen LogP contribution in [0.1, 0.15) is 11.1 Å². The summed E-state index contributed by atoms with van der Waals surface area (Å²) in [4.78, 5) is 12.0. The summed E-state index contributed by atoms with van der Waals surface area (Å²) in [5.74, 6) is 0.517. The summed E-state index contributed by atoms with van der Waals surface area (Å²) in [6.07, 6.45) is 0. The first kappa shape index (κ1) is 17.3. The molecule has 0 unspecified atom stereocenters. The molecule has 0 atom stereocenters. The number of amides is 1. The number of anilines is 1. The van der Waals surface area contributed by atoms with Crippen LogP contribution in [0.5, 0.6) is 11.5 Å². The molecular weight excluding hydrogens is 362 g/mol. The zero-order valence-electron chi connectivity index (χ0n) is 12.9. The molecule has 2 rings (SSSR count). The van der Waals surface area contributed by atoms with Crippen LogP contribution in [0.2, 0.25) is 0 Å². The van der Waals surface area contributed by atoms with Gasteiger partial charge < -0.3 is 19.9 Å². The van der Waals surface area contributed by atoms with Crippen molar-refractivity contribution in [3.63, 3.8) is 0 Å². The molecule has 0 aliphatic carbocycles. The molecule has 0 radical (unpaired) electrons. The number of hydrogen-bond donors (Lipinski definition) is 2. The summed E-state index contributed by atoms with van der Waals surface area (Å²) in [5.41, 5.74) is 2.35. The van der Waals surface area contributed by atoms with Gasteiger partial charge in [-0.1, -0.05) is 33.6 Å². The van der Waals surface area contributed by atoms with E-state index in [1.807, 2.05) is 31.2 Å². The van der Waals surface area contributed by atoms with Crippen molar-refractivity contribution in [3.8, 4) is 11.5 Å². The Bertz CT molecular complexity index is 686. The van der Waals surface area contributed by atoms with Crippen molar-refractivity contribution in [2.45, 2.75) is 13.5 Å². The lowest BCUT2D eigenvalue weighted by Gasteiger charge is -2.15. The van der Waals surface area contributed by atoms with Crippen LogP contribution in [0.4, 0.5) is 5.69 Å². The van der Waals surface area contributed by atoms with Crippen LogP contribution in [0.3, 0.4) is 0 Å². The molecule has 0 heterocycles. The first-order chi connectivity index (χ1) is 11.0. The number of nitrogens with one attached hydrogen (secondary N) is 1. The largest absolute Gasteiger partial charge is 0.493 e. The summed E-state index contributed by atoms with van der Waals surface area (Å²) >= 11 is 3.34. The van der Waals surface area contributed by atoms with Gasteiger partial charge in [0, 0.05) is 15.7 Å². The molecule has 1 amide bonds. The van der Waals surface area contributed by atoms with Gasteiger partial charge in [0.15, 0.2) is 18.1 Å². The zero-order valence-corrected chi connectivity index (χ0v) is 14.5. The topological polar surface area (TPSA) is 67.8 Å². The fourth-order valence-corrected chi connectivity index (χ4v) is 2.46. The van der Waals surface area contributed by atoms with E-state index in [0.717, 1.165) is 5.56 Å².